The highest BCUT2D eigenvalue weighted by Crippen LogP contribution is 2.30. The molecule has 1 aromatic carbocycles. The molecule has 0 spiro atoms. The molecule has 0 amide bonds. The first-order valence-electron chi connectivity index (χ1n) is 5.21. The Hall–Kier alpha value is -0.840. The molecule has 88 valence electrons. The maximum absolute atomic E-state index is 13.4. The third-order valence-electron chi connectivity index (χ3n) is 2.63. The Bertz CT molecular complexity index is 338. The van der Waals surface area contributed by atoms with E-state index in [0.29, 0.717) is 18.5 Å². The zero-order valence-electron chi connectivity index (χ0n) is 8.72. The van der Waals surface area contributed by atoms with E-state index < -0.39 is 12.3 Å². The normalized spacial score (nSPS) is 29.3. The molecule has 0 saturated heterocycles. The van der Waals surface area contributed by atoms with Crippen molar-refractivity contribution in [3.05, 3.63) is 30.3 Å². The lowest BCUT2D eigenvalue weighted by molar-refractivity contribution is -0.00242. The highest BCUT2D eigenvalue weighted by atomic mass is 35.5. The second-order valence-corrected chi connectivity index (χ2v) is 4.51. The number of nitrogens with zero attached hydrogens (tertiary/aromatic N) is 1. The Balaban J connectivity index is 1.95. The molecular formula is C11H14ClFN2O. The van der Waals surface area contributed by atoms with E-state index in [2.05, 4.69) is 0 Å². The second kappa shape index (κ2) is 4.99. The molecule has 0 bridgehead atoms. The van der Waals surface area contributed by atoms with E-state index in [1.54, 1.807) is 12.1 Å². The number of hydrazine groups is 1. The summed E-state index contributed by atoms with van der Waals surface area (Å²) in [5, 5.41) is 0.941. The fourth-order valence-electron chi connectivity index (χ4n) is 1.78. The van der Waals surface area contributed by atoms with Gasteiger partial charge in [0.2, 0.25) is 0 Å². The van der Waals surface area contributed by atoms with Crippen LogP contribution in [0.2, 0.25) is 0 Å². The molecule has 2 N–H and O–H groups in total. The molecule has 2 rings (SSSR count). The highest BCUT2D eigenvalue weighted by Gasteiger charge is 2.35. The fourth-order valence-corrected chi connectivity index (χ4v) is 2.13. The van der Waals surface area contributed by atoms with Gasteiger partial charge in [-0.05, 0) is 25.0 Å². The maximum Gasteiger partial charge on any atom is 0.130 e. The predicted octanol–water partition coefficient (Wildman–Crippen LogP) is 2.41. The Morgan fingerprint density at radius 1 is 1.31 bits per heavy atom. The van der Waals surface area contributed by atoms with Crippen LogP contribution in [0.4, 0.5) is 10.1 Å². The third-order valence-corrected chi connectivity index (χ3v) is 2.99. The van der Waals surface area contributed by atoms with Gasteiger partial charge in [-0.1, -0.05) is 18.2 Å². The minimum atomic E-state index is -1.04. The molecule has 5 heteroatoms. The molecule has 1 aliphatic carbocycles. The fraction of sp³-hybridized carbons (Fsp3) is 0.455. The van der Waals surface area contributed by atoms with E-state index in [1.165, 1.54) is 0 Å². The van der Waals surface area contributed by atoms with Crippen LogP contribution in [0.15, 0.2) is 30.3 Å². The Labute approximate surface area is 98.9 Å². The van der Waals surface area contributed by atoms with E-state index in [9.17, 15) is 4.39 Å². The number of hydrogen-bond acceptors (Lipinski definition) is 3. The van der Waals surface area contributed by atoms with Crippen molar-refractivity contribution in [1.29, 1.82) is 0 Å². The largest absolute Gasteiger partial charge is 0.252 e. The van der Waals surface area contributed by atoms with Crippen molar-refractivity contribution in [3.8, 4) is 0 Å². The van der Waals surface area contributed by atoms with Gasteiger partial charge in [0.25, 0.3) is 0 Å². The van der Waals surface area contributed by atoms with Crippen molar-refractivity contribution >= 4 is 17.3 Å². The van der Waals surface area contributed by atoms with Crippen molar-refractivity contribution in [1.82, 2.24) is 0 Å². The molecule has 3 nitrogen and oxygen atoms in total. The molecule has 16 heavy (non-hydrogen) atoms. The maximum atomic E-state index is 13.4. The smallest absolute Gasteiger partial charge is 0.130 e. The van der Waals surface area contributed by atoms with Crippen molar-refractivity contribution in [2.24, 2.45) is 5.84 Å². The van der Waals surface area contributed by atoms with Crippen LogP contribution in [0.5, 0.6) is 0 Å². The first kappa shape index (κ1) is 11.6. The summed E-state index contributed by atoms with van der Waals surface area (Å²) in [6.07, 6.45) is -0.775. The first-order chi connectivity index (χ1) is 7.66. The van der Waals surface area contributed by atoms with E-state index in [-0.39, 0.29) is 5.38 Å². The van der Waals surface area contributed by atoms with Crippen LogP contribution in [0.1, 0.15) is 12.8 Å². The number of benzene rings is 1. The van der Waals surface area contributed by atoms with Crippen LogP contribution in [0.3, 0.4) is 0 Å². The van der Waals surface area contributed by atoms with Crippen LogP contribution < -0.4 is 11.0 Å². The molecule has 1 fully saturated rings. The van der Waals surface area contributed by atoms with Crippen molar-refractivity contribution in [3.63, 3.8) is 0 Å². The molecule has 3 atom stereocenters. The molecule has 1 aliphatic rings. The molecule has 0 aromatic heterocycles. The molecular weight excluding hydrogens is 231 g/mol. The van der Waals surface area contributed by atoms with Gasteiger partial charge < -0.3 is 0 Å². The summed E-state index contributed by atoms with van der Waals surface area (Å²) in [5.74, 6) is 5.68. The lowest BCUT2D eigenvalue weighted by Crippen LogP contribution is -2.37. The summed E-state index contributed by atoms with van der Waals surface area (Å²) in [6, 6.07) is 9.13. The third kappa shape index (κ3) is 2.64. The minimum absolute atomic E-state index is 0.163. The van der Waals surface area contributed by atoms with Gasteiger partial charge in [-0.25, -0.2) is 10.2 Å². The number of halogens is 2. The molecule has 1 aromatic rings. The topological polar surface area (TPSA) is 38.5 Å². The number of para-hydroxylation sites is 1. The van der Waals surface area contributed by atoms with Crippen molar-refractivity contribution < 1.29 is 9.23 Å². The summed E-state index contributed by atoms with van der Waals surface area (Å²) in [7, 11) is 0. The summed E-state index contributed by atoms with van der Waals surface area (Å²) in [4.78, 5) is 5.33. The average molecular weight is 245 g/mol. The van der Waals surface area contributed by atoms with Gasteiger partial charge >= 0.3 is 0 Å². The van der Waals surface area contributed by atoms with Crippen LogP contribution in [0.25, 0.3) is 0 Å². The van der Waals surface area contributed by atoms with Gasteiger partial charge in [-0.3, -0.25) is 4.84 Å². The van der Waals surface area contributed by atoms with Crippen LogP contribution in [0, 0.1) is 0 Å². The Kier molecular flexibility index (Phi) is 3.63. The van der Waals surface area contributed by atoms with Gasteiger partial charge in [0.05, 0.1) is 5.69 Å². The summed E-state index contributed by atoms with van der Waals surface area (Å²) < 4.78 is 13.4. The predicted molar refractivity (Wildman–Crippen MR) is 61.8 cm³/mol. The number of rotatable bonds is 3. The SMILES string of the molecule is NN(OC1CC(Cl)CC1F)c1ccccc1. The highest BCUT2D eigenvalue weighted by molar-refractivity contribution is 6.20. The van der Waals surface area contributed by atoms with Gasteiger partial charge in [0, 0.05) is 5.38 Å². The lowest BCUT2D eigenvalue weighted by atomic mass is 10.3. The van der Waals surface area contributed by atoms with Crippen LogP contribution in [-0.4, -0.2) is 17.7 Å². The van der Waals surface area contributed by atoms with E-state index in [0.717, 1.165) is 5.17 Å². The van der Waals surface area contributed by atoms with Crippen LogP contribution in [-0.2, 0) is 4.84 Å². The summed E-state index contributed by atoms with van der Waals surface area (Å²) >= 11 is 5.85. The van der Waals surface area contributed by atoms with Gasteiger partial charge in [0.1, 0.15) is 12.3 Å². The number of alkyl halides is 2. The van der Waals surface area contributed by atoms with E-state index >= 15 is 0 Å². The van der Waals surface area contributed by atoms with Crippen molar-refractivity contribution in [2.75, 3.05) is 5.17 Å². The lowest BCUT2D eigenvalue weighted by Gasteiger charge is -2.23. The van der Waals surface area contributed by atoms with Crippen LogP contribution >= 0.6 is 11.6 Å². The molecule has 0 aliphatic heterocycles. The minimum Gasteiger partial charge on any atom is -0.252 e. The zero-order chi connectivity index (χ0) is 11.5. The summed E-state index contributed by atoms with van der Waals surface area (Å²) in [5.41, 5.74) is 0.688. The Morgan fingerprint density at radius 2 is 2.00 bits per heavy atom. The van der Waals surface area contributed by atoms with Crippen molar-refractivity contribution in [2.45, 2.75) is 30.5 Å². The van der Waals surface area contributed by atoms with Gasteiger partial charge in [0.15, 0.2) is 0 Å². The van der Waals surface area contributed by atoms with E-state index in [4.69, 9.17) is 22.3 Å². The number of anilines is 1. The van der Waals surface area contributed by atoms with E-state index in [1.807, 2.05) is 18.2 Å². The standard InChI is InChI=1S/C11H14ClFN2O/c12-8-6-10(13)11(7-8)16-15(14)9-4-2-1-3-5-9/h1-5,8,10-11H,6-7,14H2. The molecule has 0 heterocycles. The monoisotopic (exact) mass is 244 g/mol. The number of nitrogens with two attached hydrogens (primary N) is 1. The average Bonchev–Trinajstić information content (AvgIpc) is 2.59. The summed E-state index contributed by atoms with van der Waals surface area (Å²) in [6.45, 7) is 0. The number of hydrogen-bond donors (Lipinski definition) is 1. The van der Waals surface area contributed by atoms with Gasteiger partial charge in [-0.2, -0.15) is 5.17 Å². The quantitative estimate of drug-likeness (QED) is 0.504. The molecule has 0 radical (unpaired) electrons. The zero-order valence-corrected chi connectivity index (χ0v) is 9.48. The molecule has 1 saturated carbocycles. The Morgan fingerprint density at radius 3 is 2.56 bits per heavy atom. The molecule has 3 unspecified atom stereocenters. The first-order valence-corrected chi connectivity index (χ1v) is 5.65. The van der Waals surface area contributed by atoms with Gasteiger partial charge in [-0.15, -0.1) is 11.6 Å². The second-order valence-electron chi connectivity index (χ2n) is 3.89.